The number of carbonyl (C=O) groups excluding carboxylic acids is 2. The van der Waals surface area contributed by atoms with Crippen LogP contribution in [0.1, 0.15) is 96.3 Å². The maximum Gasteiger partial charge on any atom is 0.405 e. The number of alkyl halides is 3. The molecule has 0 aromatic heterocycles. The standard InChI is InChI=1S/C32H45Cl2F3N4O4/c33-22-10-9-21(17-23(22)34)45-20-26(43)40-30-15-13-29(14-16-30,18-25(30)42)41-27(44)24-19-38-28(32(35,36)37)31(39-24)11-7-5-3-1-2-4-6-8-12-31/h9-10,17,24-25,28,38-39,42H,1-8,11-16,18-20H2,(H,40,43)(H,41,44)/t24?,25-,28?,29?,30?/m0/s1. The van der Waals surface area contributed by atoms with Crippen molar-refractivity contribution < 1.29 is 32.6 Å². The number of carbonyl (C=O) groups is 2. The highest BCUT2D eigenvalue weighted by molar-refractivity contribution is 6.42. The van der Waals surface area contributed by atoms with Gasteiger partial charge in [0.2, 0.25) is 5.91 Å². The molecular formula is C32H45Cl2F3N4O4. The van der Waals surface area contributed by atoms with Crippen molar-refractivity contribution in [1.29, 1.82) is 0 Å². The van der Waals surface area contributed by atoms with E-state index in [2.05, 4.69) is 21.3 Å². The Morgan fingerprint density at radius 2 is 1.53 bits per heavy atom. The molecule has 6 rings (SSSR count). The van der Waals surface area contributed by atoms with E-state index in [4.69, 9.17) is 27.9 Å². The fourth-order valence-corrected chi connectivity index (χ4v) is 8.33. The number of aliphatic hydroxyl groups is 1. The molecule has 1 aliphatic heterocycles. The van der Waals surface area contributed by atoms with Gasteiger partial charge in [-0.15, -0.1) is 0 Å². The van der Waals surface area contributed by atoms with Gasteiger partial charge in [0, 0.05) is 23.7 Å². The Morgan fingerprint density at radius 1 is 0.911 bits per heavy atom. The monoisotopic (exact) mass is 676 g/mol. The van der Waals surface area contributed by atoms with Gasteiger partial charge < -0.3 is 25.8 Å². The highest BCUT2D eigenvalue weighted by Gasteiger charge is 2.58. The summed E-state index contributed by atoms with van der Waals surface area (Å²) >= 11 is 11.9. The first-order valence-corrected chi connectivity index (χ1v) is 17.1. The van der Waals surface area contributed by atoms with Crippen LogP contribution in [0.25, 0.3) is 0 Å². The molecule has 2 unspecified atom stereocenters. The second-order valence-corrected chi connectivity index (χ2v) is 14.4. The minimum Gasteiger partial charge on any atom is -0.484 e. The van der Waals surface area contributed by atoms with Crippen LogP contribution < -0.4 is 26.0 Å². The average Bonchev–Trinajstić information content (AvgIpc) is 3.04. The van der Waals surface area contributed by atoms with Gasteiger partial charge >= 0.3 is 6.18 Å². The normalized spacial score (nSPS) is 32.4. The lowest BCUT2D eigenvalue weighted by molar-refractivity contribution is -0.185. The minimum absolute atomic E-state index is 0.130. The molecule has 5 N–H and O–H groups in total. The molecule has 45 heavy (non-hydrogen) atoms. The van der Waals surface area contributed by atoms with Crippen molar-refractivity contribution in [2.45, 2.75) is 137 Å². The van der Waals surface area contributed by atoms with Crippen molar-refractivity contribution in [1.82, 2.24) is 21.3 Å². The van der Waals surface area contributed by atoms with Crippen LogP contribution in [-0.2, 0) is 9.59 Å². The molecule has 0 radical (unpaired) electrons. The van der Waals surface area contributed by atoms with E-state index in [1.54, 1.807) is 12.1 Å². The van der Waals surface area contributed by atoms with Crippen molar-refractivity contribution in [3.8, 4) is 5.75 Å². The van der Waals surface area contributed by atoms with Crippen LogP contribution >= 0.6 is 23.2 Å². The lowest BCUT2D eigenvalue weighted by atomic mass is 9.59. The zero-order chi connectivity index (χ0) is 32.3. The summed E-state index contributed by atoms with van der Waals surface area (Å²) in [6.07, 6.45) is 4.92. The second-order valence-electron chi connectivity index (χ2n) is 13.6. The summed E-state index contributed by atoms with van der Waals surface area (Å²) in [5.74, 6) is -0.346. The number of rotatable bonds is 6. The topological polar surface area (TPSA) is 112 Å². The van der Waals surface area contributed by atoms with Gasteiger partial charge in [-0.1, -0.05) is 74.6 Å². The van der Waals surface area contributed by atoms with E-state index in [0.29, 0.717) is 67.2 Å². The zero-order valence-electron chi connectivity index (χ0n) is 25.5. The smallest absolute Gasteiger partial charge is 0.405 e. The fourth-order valence-electron chi connectivity index (χ4n) is 8.04. The molecule has 2 bridgehead atoms. The van der Waals surface area contributed by atoms with Crippen LogP contribution in [-0.4, -0.2) is 71.1 Å². The van der Waals surface area contributed by atoms with Gasteiger partial charge in [-0.3, -0.25) is 14.9 Å². The van der Waals surface area contributed by atoms with Gasteiger partial charge in [-0.25, -0.2) is 0 Å². The van der Waals surface area contributed by atoms with Gasteiger partial charge in [0.15, 0.2) is 6.61 Å². The number of nitrogens with one attached hydrogen (secondary N) is 4. The fraction of sp³-hybridized carbons (Fsp3) is 0.750. The van der Waals surface area contributed by atoms with Crippen LogP contribution in [0.3, 0.4) is 0 Å². The molecule has 1 aromatic carbocycles. The number of amides is 2. The minimum atomic E-state index is -4.44. The van der Waals surface area contributed by atoms with Crippen molar-refractivity contribution in [3.63, 3.8) is 0 Å². The van der Waals surface area contributed by atoms with Crippen LogP contribution in [0.4, 0.5) is 13.2 Å². The number of benzene rings is 1. The third-order valence-corrected chi connectivity index (χ3v) is 11.3. The number of hydrogen-bond acceptors (Lipinski definition) is 6. The first kappa shape index (κ1) is 34.5. The number of piperazine rings is 1. The highest BCUT2D eigenvalue weighted by atomic mass is 35.5. The zero-order valence-corrected chi connectivity index (χ0v) is 27.1. The van der Waals surface area contributed by atoms with E-state index in [1.807, 2.05) is 0 Å². The number of hydrogen-bond donors (Lipinski definition) is 5. The maximum atomic E-state index is 14.3. The lowest BCUT2D eigenvalue weighted by Crippen LogP contribution is -2.76. The van der Waals surface area contributed by atoms with Crippen molar-refractivity contribution in [2.75, 3.05) is 13.2 Å². The Hall–Kier alpha value is -1.79. The number of fused-ring (bicyclic) bond motifs is 3. The summed E-state index contributed by atoms with van der Waals surface area (Å²) in [5, 5.41) is 24.0. The van der Waals surface area contributed by atoms with Gasteiger partial charge in [-0.2, -0.15) is 13.2 Å². The van der Waals surface area contributed by atoms with Gasteiger partial charge in [0.25, 0.3) is 5.91 Å². The quantitative estimate of drug-likeness (QED) is 0.270. The van der Waals surface area contributed by atoms with E-state index in [9.17, 15) is 27.9 Å². The lowest BCUT2D eigenvalue weighted by Gasteiger charge is -2.57. The van der Waals surface area contributed by atoms with Gasteiger partial charge in [0.05, 0.1) is 27.7 Å². The van der Waals surface area contributed by atoms with E-state index in [0.717, 1.165) is 38.5 Å². The first-order valence-electron chi connectivity index (χ1n) is 16.3. The molecule has 1 heterocycles. The summed E-state index contributed by atoms with van der Waals surface area (Å²) in [5.41, 5.74) is -2.78. The molecule has 4 aliphatic carbocycles. The second kappa shape index (κ2) is 14.1. The predicted molar refractivity (Wildman–Crippen MR) is 166 cm³/mol. The number of ether oxygens (including phenoxy) is 1. The predicted octanol–water partition coefficient (Wildman–Crippen LogP) is 5.57. The van der Waals surface area contributed by atoms with Crippen LogP contribution in [0.15, 0.2) is 18.2 Å². The summed E-state index contributed by atoms with van der Waals surface area (Å²) in [6.45, 7) is -0.398. The molecule has 2 amide bonds. The van der Waals surface area contributed by atoms with Crippen LogP contribution in [0, 0.1) is 0 Å². The SMILES string of the molecule is O=C(COc1ccc(Cl)c(Cl)c1)NC12CCC(NC(=O)C3CNC(C(F)(F)F)C4(CCCCCCCCCC4)N3)(CC1)C[C@@H]2O. The molecule has 3 atom stereocenters. The van der Waals surface area contributed by atoms with E-state index >= 15 is 0 Å². The molecule has 4 saturated carbocycles. The van der Waals surface area contributed by atoms with Gasteiger partial charge in [-0.05, 0) is 57.1 Å². The Labute approximate surface area is 272 Å². The molecule has 13 heteroatoms. The molecule has 1 saturated heterocycles. The van der Waals surface area contributed by atoms with Crippen LogP contribution in [0.5, 0.6) is 5.75 Å². The summed E-state index contributed by atoms with van der Waals surface area (Å²) in [6, 6.07) is 2.15. The molecule has 8 nitrogen and oxygen atoms in total. The summed E-state index contributed by atoms with van der Waals surface area (Å²) < 4.78 is 48.6. The van der Waals surface area contributed by atoms with Gasteiger partial charge in [0.1, 0.15) is 11.8 Å². The summed E-state index contributed by atoms with van der Waals surface area (Å²) in [4.78, 5) is 26.5. The Morgan fingerprint density at radius 3 is 2.11 bits per heavy atom. The van der Waals surface area contributed by atoms with Crippen LogP contribution in [0.2, 0.25) is 10.0 Å². The Kier molecular flexibility index (Phi) is 10.9. The Bertz CT molecular complexity index is 1200. The van der Waals surface area contributed by atoms with Crippen molar-refractivity contribution >= 4 is 35.0 Å². The number of aliphatic hydroxyl groups excluding tert-OH is 1. The van der Waals surface area contributed by atoms with E-state index < -0.39 is 41.0 Å². The maximum absolute atomic E-state index is 14.3. The van der Waals surface area contributed by atoms with E-state index in [1.165, 1.54) is 6.07 Å². The third-order valence-electron chi connectivity index (χ3n) is 10.5. The van der Waals surface area contributed by atoms with E-state index in [-0.39, 0.29) is 31.4 Å². The highest BCUT2D eigenvalue weighted by Crippen LogP contribution is 2.47. The molecular weight excluding hydrogens is 632 g/mol. The molecule has 252 valence electrons. The third kappa shape index (κ3) is 8.03. The molecule has 5 fully saturated rings. The largest absolute Gasteiger partial charge is 0.484 e. The molecule has 1 spiro atoms. The van der Waals surface area contributed by atoms with Crippen molar-refractivity contribution in [2.24, 2.45) is 0 Å². The summed E-state index contributed by atoms with van der Waals surface area (Å²) in [7, 11) is 0. The molecule has 5 aliphatic rings. The molecule has 1 aromatic rings. The number of halogens is 5. The Balaban J connectivity index is 1.20. The average molecular weight is 678 g/mol. The first-order chi connectivity index (χ1) is 21.4. The van der Waals surface area contributed by atoms with Crippen molar-refractivity contribution in [3.05, 3.63) is 28.2 Å².